The minimum absolute atomic E-state index is 0.0869. The molecule has 2 aromatic carbocycles. The summed E-state index contributed by atoms with van der Waals surface area (Å²) < 4.78 is 0. The predicted molar refractivity (Wildman–Crippen MR) is 93.5 cm³/mol. The third-order valence-corrected chi connectivity index (χ3v) is 5.57. The van der Waals surface area contributed by atoms with Crippen LogP contribution in [-0.2, 0) is 0 Å². The zero-order chi connectivity index (χ0) is 15.8. The third-order valence-electron chi connectivity index (χ3n) is 5.57. The lowest BCUT2D eigenvalue weighted by molar-refractivity contribution is 0.0770. The zero-order valence-corrected chi connectivity index (χ0v) is 13.5. The fourth-order valence-corrected chi connectivity index (χ4v) is 4.39. The summed E-state index contributed by atoms with van der Waals surface area (Å²) in [4.78, 5) is 13.3. The molecule has 23 heavy (non-hydrogen) atoms. The summed E-state index contributed by atoms with van der Waals surface area (Å²) in [6, 6.07) is 18.7. The predicted octanol–water partition coefficient (Wildman–Crippen LogP) is 5.17. The van der Waals surface area contributed by atoms with Crippen LogP contribution in [0.4, 0.5) is 0 Å². The van der Waals surface area contributed by atoms with Crippen LogP contribution in [0.2, 0.25) is 0 Å². The number of hydrogen-bond donors (Lipinski definition) is 0. The van der Waals surface area contributed by atoms with Crippen LogP contribution in [0.5, 0.6) is 0 Å². The molecule has 2 aromatic rings. The Morgan fingerprint density at radius 2 is 1.52 bits per heavy atom. The van der Waals surface area contributed by atoms with Crippen molar-refractivity contribution < 1.29 is 4.79 Å². The largest absolute Gasteiger partial charge is 0.294 e. The summed E-state index contributed by atoms with van der Waals surface area (Å²) >= 11 is 0. The smallest absolute Gasteiger partial charge is 0.167 e. The molecule has 3 unspecified atom stereocenters. The molecule has 4 atom stereocenters. The highest BCUT2D eigenvalue weighted by molar-refractivity contribution is 5.99. The van der Waals surface area contributed by atoms with Crippen LogP contribution in [0.3, 0.4) is 0 Å². The summed E-state index contributed by atoms with van der Waals surface area (Å²) in [6.07, 6.45) is 7.00. The fraction of sp³-hybridized carbons (Fsp3) is 0.318. The Labute approximate surface area is 138 Å². The molecule has 0 spiro atoms. The van der Waals surface area contributed by atoms with Crippen molar-refractivity contribution in [2.24, 2.45) is 17.8 Å². The van der Waals surface area contributed by atoms with E-state index in [0.717, 1.165) is 12.0 Å². The van der Waals surface area contributed by atoms with E-state index in [0.29, 0.717) is 23.5 Å². The van der Waals surface area contributed by atoms with Gasteiger partial charge in [0.2, 0.25) is 0 Å². The van der Waals surface area contributed by atoms with Gasteiger partial charge in [0, 0.05) is 17.4 Å². The molecule has 3 aliphatic rings. The van der Waals surface area contributed by atoms with Gasteiger partial charge in [0.05, 0.1) is 0 Å². The number of allylic oxidation sites excluding steroid dienone is 2. The molecule has 3 aliphatic carbocycles. The van der Waals surface area contributed by atoms with Crippen LogP contribution >= 0.6 is 0 Å². The second-order valence-electron chi connectivity index (χ2n) is 6.98. The summed E-state index contributed by atoms with van der Waals surface area (Å²) in [5, 5.41) is 0. The Bertz CT molecular complexity index is 726. The first-order valence-electron chi connectivity index (χ1n) is 8.58. The second kappa shape index (κ2) is 5.81. The van der Waals surface area contributed by atoms with Crippen molar-refractivity contribution in [2.45, 2.75) is 25.7 Å². The van der Waals surface area contributed by atoms with Gasteiger partial charge in [0.15, 0.2) is 5.78 Å². The van der Waals surface area contributed by atoms with E-state index < -0.39 is 0 Å². The summed E-state index contributed by atoms with van der Waals surface area (Å²) in [7, 11) is 0. The average Bonchev–Trinajstić information content (AvgIpc) is 2.63. The number of rotatable bonds is 3. The van der Waals surface area contributed by atoms with Crippen LogP contribution in [0, 0.1) is 24.7 Å². The van der Waals surface area contributed by atoms with Crippen molar-refractivity contribution >= 4 is 5.78 Å². The van der Waals surface area contributed by atoms with Crippen molar-refractivity contribution in [2.75, 3.05) is 0 Å². The first-order valence-corrected chi connectivity index (χ1v) is 8.58. The van der Waals surface area contributed by atoms with E-state index in [4.69, 9.17) is 0 Å². The van der Waals surface area contributed by atoms with Gasteiger partial charge in [-0.3, -0.25) is 4.79 Å². The molecule has 0 amide bonds. The van der Waals surface area contributed by atoms with E-state index in [1.54, 1.807) is 0 Å². The number of hydrogen-bond acceptors (Lipinski definition) is 1. The van der Waals surface area contributed by atoms with Crippen LogP contribution in [0.15, 0.2) is 66.7 Å². The lowest BCUT2D eigenvalue weighted by Crippen LogP contribution is -2.40. The van der Waals surface area contributed by atoms with E-state index >= 15 is 0 Å². The Balaban J connectivity index is 1.73. The number of carbonyl (C=O) groups is 1. The highest BCUT2D eigenvalue weighted by atomic mass is 16.1. The van der Waals surface area contributed by atoms with E-state index in [1.165, 1.54) is 17.5 Å². The Morgan fingerprint density at radius 3 is 2.17 bits per heavy atom. The Morgan fingerprint density at radius 1 is 0.870 bits per heavy atom. The monoisotopic (exact) mass is 302 g/mol. The van der Waals surface area contributed by atoms with Gasteiger partial charge in [0.1, 0.15) is 0 Å². The summed E-state index contributed by atoms with van der Waals surface area (Å²) in [6.45, 7) is 2.06. The average molecular weight is 302 g/mol. The molecule has 116 valence electrons. The summed E-state index contributed by atoms with van der Waals surface area (Å²) in [5.41, 5.74) is 3.38. The number of fused-ring (bicyclic) bond motifs is 2. The molecule has 1 fully saturated rings. The molecule has 1 saturated carbocycles. The van der Waals surface area contributed by atoms with Gasteiger partial charge in [-0.1, -0.05) is 72.3 Å². The minimum Gasteiger partial charge on any atom is -0.294 e. The molecule has 1 heteroatoms. The molecular weight excluding hydrogens is 280 g/mol. The summed E-state index contributed by atoms with van der Waals surface area (Å²) in [5.74, 6) is 1.62. The fourth-order valence-electron chi connectivity index (χ4n) is 4.39. The van der Waals surface area contributed by atoms with E-state index in [9.17, 15) is 4.79 Å². The molecule has 0 radical (unpaired) electrons. The highest BCUT2D eigenvalue weighted by Crippen LogP contribution is 2.50. The van der Waals surface area contributed by atoms with Crippen molar-refractivity contribution in [3.8, 4) is 0 Å². The first kappa shape index (κ1) is 14.4. The van der Waals surface area contributed by atoms with Crippen molar-refractivity contribution in [1.82, 2.24) is 0 Å². The van der Waals surface area contributed by atoms with Crippen molar-refractivity contribution in [3.63, 3.8) is 0 Å². The molecule has 5 rings (SSSR count). The number of ketones is 1. The van der Waals surface area contributed by atoms with E-state index in [-0.39, 0.29) is 5.92 Å². The van der Waals surface area contributed by atoms with Gasteiger partial charge in [-0.15, -0.1) is 0 Å². The maximum absolute atomic E-state index is 13.3. The van der Waals surface area contributed by atoms with Crippen LogP contribution in [0.25, 0.3) is 0 Å². The lowest BCUT2D eigenvalue weighted by Gasteiger charge is -2.44. The van der Waals surface area contributed by atoms with Gasteiger partial charge in [0.25, 0.3) is 0 Å². The molecular formula is C22H22O. The third kappa shape index (κ3) is 2.55. The standard InChI is InChI=1S/C22H22O/c1-15-7-9-19(10-8-15)22(23)21-18-13-11-17(12-14-18)20(21)16-5-3-2-4-6-16/h2-11,13,17-18,20-21H,12,14H2,1H3/t17?,18?,20?,21-/m0/s1. The molecule has 1 nitrogen and oxygen atoms in total. The molecule has 0 saturated heterocycles. The van der Waals surface area contributed by atoms with E-state index in [2.05, 4.69) is 49.4 Å². The number of aryl methyl sites for hydroxylation is 1. The molecule has 0 aromatic heterocycles. The number of carbonyl (C=O) groups excluding carboxylic acids is 1. The molecule has 0 aliphatic heterocycles. The molecule has 0 N–H and O–H groups in total. The maximum Gasteiger partial charge on any atom is 0.167 e. The van der Waals surface area contributed by atoms with Gasteiger partial charge in [-0.05, 0) is 37.2 Å². The normalized spacial score (nSPS) is 28.7. The highest BCUT2D eigenvalue weighted by Gasteiger charge is 2.45. The Hall–Kier alpha value is -2.15. The van der Waals surface area contributed by atoms with Gasteiger partial charge < -0.3 is 0 Å². The van der Waals surface area contributed by atoms with Crippen LogP contribution in [-0.4, -0.2) is 5.78 Å². The number of benzene rings is 2. The lowest BCUT2D eigenvalue weighted by atomic mass is 9.58. The van der Waals surface area contributed by atoms with Crippen molar-refractivity contribution in [1.29, 1.82) is 0 Å². The first-order chi connectivity index (χ1) is 11.2. The van der Waals surface area contributed by atoms with Gasteiger partial charge in [-0.25, -0.2) is 0 Å². The maximum atomic E-state index is 13.3. The van der Waals surface area contributed by atoms with E-state index in [1.807, 2.05) is 24.3 Å². The number of Topliss-reactive ketones (excluding diaryl/α,β-unsaturated/α-hetero) is 1. The topological polar surface area (TPSA) is 17.1 Å². The van der Waals surface area contributed by atoms with Gasteiger partial charge in [-0.2, -0.15) is 0 Å². The quantitative estimate of drug-likeness (QED) is 0.564. The van der Waals surface area contributed by atoms with Crippen LogP contribution in [0.1, 0.15) is 40.2 Å². The van der Waals surface area contributed by atoms with Crippen molar-refractivity contribution in [3.05, 3.63) is 83.4 Å². The van der Waals surface area contributed by atoms with Gasteiger partial charge >= 0.3 is 0 Å². The minimum atomic E-state index is 0.0869. The molecule has 0 heterocycles. The zero-order valence-electron chi connectivity index (χ0n) is 13.5. The second-order valence-corrected chi connectivity index (χ2v) is 6.98. The SMILES string of the molecule is Cc1ccc(C(=O)[C@H]2C3C=CC(CC3)C2c2ccccc2)cc1. The molecule has 2 bridgehead atoms. The van der Waals surface area contributed by atoms with Crippen LogP contribution < -0.4 is 0 Å². The Kier molecular flexibility index (Phi) is 3.65.